The second kappa shape index (κ2) is 9.84. The summed E-state index contributed by atoms with van der Waals surface area (Å²) in [6.45, 7) is 4.39. The van der Waals surface area contributed by atoms with Gasteiger partial charge in [0.25, 0.3) is 0 Å². The van der Waals surface area contributed by atoms with Crippen molar-refractivity contribution in [2.24, 2.45) is 0 Å². The minimum atomic E-state index is -0.144. The number of hydrogen-bond acceptors (Lipinski definition) is 3. The van der Waals surface area contributed by atoms with E-state index in [9.17, 15) is 9.90 Å². The lowest BCUT2D eigenvalue weighted by Gasteiger charge is -2.22. The number of hydrogen-bond donors (Lipinski definition) is 1. The van der Waals surface area contributed by atoms with Crippen LogP contribution in [0.5, 0.6) is 5.75 Å². The first-order valence-electron chi connectivity index (χ1n) is 10.1. The van der Waals surface area contributed by atoms with Crippen LogP contribution in [-0.2, 0) is 41.6 Å². The first-order valence-corrected chi connectivity index (χ1v) is 10.1. The van der Waals surface area contributed by atoms with Crippen molar-refractivity contribution in [1.29, 1.82) is 0 Å². The van der Waals surface area contributed by atoms with Gasteiger partial charge in [-0.2, -0.15) is 0 Å². The molecule has 0 radical (unpaired) electrons. The highest BCUT2D eigenvalue weighted by atomic mass is 16.5. The summed E-state index contributed by atoms with van der Waals surface area (Å²) >= 11 is 0. The van der Waals surface area contributed by atoms with Gasteiger partial charge in [-0.15, -0.1) is 0 Å². The van der Waals surface area contributed by atoms with Crippen molar-refractivity contribution >= 4 is 5.97 Å². The average molecular weight is 347 g/mol. The van der Waals surface area contributed by atoms with Crippen LogP contribution in [0, 0.1) is 0 Å². The van der Waals surface area contributed by atoms with Crippen molar-refractivity contribution in [1.82, 2.24) is 0 Å². The molecular formula is C22H34O3. The molecule has 0 heterocycles. The normalized spacial score (nSPS) is 13.6. The molecule has 1 N–H and O–H groups in total. The fourth-order valence-electron chi connectivity index (χ4n) is 4.10. The van der Waals surface area contributed by atoms with Crippen LogP contribution in [0.4, 0.5) is 0 Å². The van der Waals surface area contributed by atoms with E-state index in [-0.39, 0.29) is 5.97 Å². The summed E-state index contributed by atoms with van der Waals surface area (Å²) in [5.41, 5.74) is 6.35. The largest absolute Gasteiger partial charge is 0.507 e. The molecule has 1 aliphatic carbocycles. The number of carbonyl (C=O) groups is 1. The van der Waals surface area contributed by atoms with Gasteiger partial charge in [0.1, 0.15) is 5.75 Å². The molecule has 1 aliphatic rings. The molecule has 1 aromatic rings. The number of fused-ring (bicyclic) bond motifs is 2. The summed E-state index contributed by atoms with van der Waals surface area (Å²) in [5, 5.41) is 11.1. The van der Waals surface area contributed by atoms with E-state index in [4.69, 9.17) is 4.74 Å². The Balaban J connectivity index is 2.51. The van der Waals surface area contributed by atoms with Crippen molar-refractivity contribution in [3.05, 3.63) is 27.8 Å². The molecule has 0 atom stereocenters. The Morgan fingerprint density at radius 3 is 1.88 bits per heavy atom. The van der Waals surface area contributed by atoms with E-state index in [1.807, 2.05) is 0 Å². The van der Waals surface area contributed by atoms with Crippen molar-refractivity contribution in [3.8, 4) is 5.75 Å². The topological polar surface area (TPSA) is 46.5 Å². The summed E-state index contributed by atoms with van der Waals surface area (Å²) < 4.78 is 4.86. The summed E-state index contributed by atoms with van der Waals surface area (Å²) in [6, 6.07) is 0. The van der Waals surface area contributed by atoms with Crippen LogP contribution in [0.2, 0.25) is 0 Å². The maximum Gasteiger partial charge on any atom is 0.305 e. The minimum absolute atomic E-state index is 0.144. The first-order chi connectivity index (χ1) is 12.1. The predicted molar refractivity (Wildman–Crippen MR) is 102 cm³/mol. The molecule has 3 nitrogen and oxygen atoms in total. The van der Waals surface area contributed by atoms with E-state index in [0.29, 0.717) is 12.2 Å². The molecule has 0 unspecified atom stereocenters. The molecular weight excluding hydrogens is 312 g/mol. The third kappa shape index (κ3) is 4.77. The number of phenolic OH excluding ortho intramolecular Hbond substituents is 1. The molecule has 0 amide bonds. The van der Waals surface area contributed by atoms with Crippen LogP contribution in [-0.4, -0.2) is 18.2 Å². The highest BCUT2D eigenvalue weighted by Crippen LogP contribution is 2.39. The maximum absolute atomic E-state index is 11.7. The molecule has 0 fully saturated rings. The monoisotopic (exact) mass is 346 g/mol. The summed E-state index contributed by atoms with van der Waals surface area (Å²) in [6.07, 6.45) is 11.9. The van der Waals surface area contributed by atoms with Crippen LogP contribution in [0.3, 0.4) is 0 Å². The molecule has 0 aromatic heterocycles. The number of esters is 1. The molecule has 3 heteroatoms. The van der Waals surface area contributed by atoms with Gasteiger partial charge in [-0.3, -0.25) is 4.79 Å². The van der Waals surface area contributed by atoms with E-state index in [1.165, 1.54) is 47.8 Å². The van der Waals surface area contributed by atoms with Crippen LogP contribution < -0.4 is 0 Å². The van der Waals surface area contributed by atoms with Gasteiger partial charge in [-0.1, -0.05) is 26.7 Å². The van der Waals surface area contributed by atoms with Gasteiger partial charge in [0, 0.05) is 6.42 Å². The third-order valence-electron chi connectivity index (χ3n) is 5.50. The van der Waals surface area contributed by atoms with E-state index >= 15 is 0 Å². The minimum Gasteiger partial charge on any atom is -0.507 e. The maximum atomic E-state index is 11.7. The Hall–Kier alpha value is -1.51. The van der Waals surface area contributed by atoms with Crippen LogP contribution in [0.25, 0.3) is 0 Å². The Morgan fingerprint density at radius 2 is 1.44 bits per heavy atom. The zero-order chi connectivity index (χ0) is 18.2. The Kier molecular flexibility index (Phi) is 7.80. The lowest BCUT2D eigenvalue weighted by Crippen LogP contribution is -2.11. The molecule has 1 aromatic carbocycles. The van der Waals surface area contributed by atoms with Crippen LogP contribution in [0.15, 0.2) is 0 Å². The Morgan fingerprint density at radius 1 is 0.920 bits per heavy atom. The standard InChI is InChI=1S/C22H34O3/c1-4-6-10-19-16-12-8-9-13-17(18(16)14-15-21(23)25-3)20(22(19)24)11-7-5-2/h24H,4-15H2,1-3H3. The highest BCUT2D eigenvalue weighted by molar-refractivity contribution is 5.70. The second-order valence-electron chi connectivity index (χ2n) is 7.23. The molecule has 0 spiro atoms. The van der Waals surface area contributed by atoms with Gasteiger partial charge in [-0.05, 0) is 85.6 Å². The molecule has 25 heavy (non-hydrogen) atoms. The summed E-state index contributed by atoms with van der Waals surface area (Å²) in [4.78, 5) is 11.7. The molecule has 140 valence electrons. The molecule has 2 rings (SSSR count). The molecule has 2 bridgehead atoms. The summed E-state index contributed by atoms with van der Waals surface area (Å²) in [7, 11) is 1.46. The fraction of sp³-hybridized carbons (Fsp3) is 0.682. The second-order valence-corrected chi connectivity index (χ2v) is 7.23. The number of methoxy groups -OCH3 is 1. The predicted octanol–water partition coefficient (Wildman–Crippen LogP) is 5.06. The smallest absolute Gasteiger partial charge is 0.305 e. The van der Waals surface area contributed by atoms with E-state index in [2.05, 4.69) is 13.8 Å². The summed E-state index contributed by atoms with van der Waals surface area (Å²) in [5.74, 6) is 0.421. The number of unbranched alkanes of at least 4 members (excludes halogenated alkanes) is 2. The van der Waals surface area contributed by atoms with Crippen molar-refractivity contribution in [3.63, 3.8) is 0 Å². The number of carbonyl (C=O) groups excluding carboxylic acids is 1. The van der Waals surface area contributed by atoms with E-state index in [0.717, 1.165) is 57.8 Å². The van der Waals surface area contributed by atoms with E-state index in [1.54, 1.807) is 0 Å². The van der Waals surface area contributed by atoms with Crippen molar-refractivity contribution < 1.29 is 14.6 Å². The quantitative estimate of drug-likeness (QED) is 0.636. The zero-order valence-corrected chi connectivity index (χ0v) is 16.2. The van der Waals surface area contributed by atoms with Gasteiger partial charge in [0.2, 0.25) is 0 Å². The van der Waals surface area contributed by atoms with Gasteiger partial charge < -0.3 is 9.84 Å². The Bertz CT molecular complexity index is 550. The van der Waals surface area contributed by atoms with Gasteiger partial charge in [-0.25, -0.2) is 0 Å². The number of phenols is 1. The molecule has 0 saturated heterocycles. The van der Waals surface area contributed by atoms with Crippen LogP contribution >= 0.6 is 0 Å². The number of ether oxygens (including phenoxy) is 1. The van der Waals surface area contributed by atoms with Gasteiger partial charge >= 0.3 is 5.97 Å². The van der Waals surface area contributed by atoms with Crippen LogP contribution in [0.1, 0.15) is 86.6 Å². The number of rotatable bonds is 9. The molecule has 0 saturated carbocycles. The van der Waals surface area contributed by atoms with Crippen molar-refractivity contribution in [2.75, 3.05) is 7.11 Å². The zero-order valence-electron chi connectivity index (χ0n) is 16.2. The SMILES string of the molecule is CCCCc1c(O)c(CCCC)c2c(CCC(=O)OC)c1CCCC2. The van der Waals surface area contributed by atoms with Gasteiger partial charge in [0.05, 0.1) is 7.11 Å². The third-order valence-corrected chi connectivity index (χ3v) is 5.50. The lowest BCUT2D eigenvalue weighted by molar-refractivity contribution is -0.140. The highest BCUT2D eigenvalue weighted by Gasteiger charge is 2.24. The number of benzene rings is 1. The average Bonchev–Trinajstić information content (AvgIpc) is 2.79. The van der Waals surface area contributed by atoms with Gasteiger partial charge in [0.15, 0.2) is 0 Å². The number of aromatic hydroxyl groups is 1. The fourth-order valence-corrected chi connectivity index (χ4v) is 4.10. The Labute approximate surface area is 152 Å². The van der Waals surface area contributed by atoms with Crippen molar-refractivity contribution in [2.45, 2.75) is 90.9 Å². The van der Waals surface area contributed by atoms with E-state index < -0.39 is 0 Å². The first kappa shape index (κ1) is 19.8. The lowest BCUT2D eigenvalue weighted by atomic mass is 9.84. The molecule has 0 aliphatic heterocycles.